The van der Waals surface area contributed by atoms with Crippen molar-refractivity contribution in [2.75, 3.05) is 0 Å². The molecule has 0 radical (unpaired) electrons. The first-order valence-electron chi connectivity index (χ1n) is 13.3. The molecule has 2 fully saturated rings. The molecular weight excluding hydrogens is 425 g/mol. The molecule has 2 aliphatic carbocycles. The molecule has 34 heavy (non-hydrogen) atoms. The number of allylic oxidation sites excluding steroid dienone is 4. The molecule has 1 aromatic carbocycles. The van der Waals surface area contributed by atoms with Gasteiger partial charge >= 0.3 is 5.97 Å². The minimum absolute atomic E-state index is 0.0152. The number of benzene rings is 1. The molecule has 0 spiro atoms. The number of hydrogen-bond donors (Lipinski definition) is 0. The topological polar surface area (TPSA) is 50.1 Å². The smallest absolute Gasteiger partial charge is 0.309 e. The molecule has 0 heterocycles. The molecule has 0 unspecified atom stereocenters. The highest BCUT2D eigenvalue weighted by Gasteiger charge is 2.30. The number of rotatable bonds is 10. The SMILES string of the molecule is CCCCCCc1ccc([C@H]2CC[C@H](OC(=O)[C@H]3CC[C@H](C=CC=C(F)C#N)CC3)CC2)cc1. The monoisotopic (exact) mass is 465 g/mol. The lowest BCUT2D eigenvalue weighted by atomic mass is 9.81. The second kappa shape index (κ2) is 14.1. The summed E-state index contributed by atoms with van der Waals surface area (Å²) in [6.45, 7) is 2.25. The molecule has 3 rings (SSSR count). The Kier molecular flexibility index (Phi) is 10.9. The highest BCUT2D eigenvalue weighted by Crippen LogP contribution is 2.36. The van der Waals surface area contributed by atoms with Crippen molar-refractivity contribution >= 4 is 5.97 Å². The van der Waals surface area contributed by atoms with E-state index in [1.807, 2.05) is 6.08 Å². The number of hydrogen-bond acceptors (Lipinski definition) is 3. The van der Waals surface area contributed by atoms with Crippen LogP contribution >= 0.6 is 0 Å². The van der Waals surface area contributed by atoms with Crippen LogP contribution in [0.5, 0.6) is 0 Å². The summed E-state index contributed by atoms with van der Waals surface area (Å²) in [5.74, 6) is 0.0848. The fourth-order valence-electron chi connectivity index (χ4n) is 5.37. The normalized spacial score (nSPS) is 25.7. The summed E-state index contributed by atoms with van der Waals surface area (Å²) in [6.07, 6.45) is 18.7. The molecule has 0 amide bonds. The Labute approximate surface area is 205 Å². The van der Waals surface area contributed by atoms with Crippen molar-refractivity contribution in [3.05, 3.63) is 59.4 Å². The molecule has 0 aliphatic heterocycles. The molecule has 1 aromatic rings. The van der Waals surface area contributed by atoms with E-state index in [1.54, 1.807) is 6.08 Å². The van der Waals surface area contributed by atoms with E-state index in [0.717, 1.165) is 51.4 Å². The van der Waals surface area contributed by atoms with Crippen LogP contribution in [0.1, 0.15) is 101 Å². The Balaban J connectivity index is 1.36. The van der Waals surface area contributed by atoms with Crippen molar-refractivity contribution in [1.29, 1.82) is 5.26 Å². The second-order valence-electron chi connectivity index (χ2n) is 10.1. The Morgan fingerprint density at radius 1 is 1.03 bits per heavy atom. The zero-order chi connectivity index (χ0) is 24.2. The zero-order valence-electron chi connectivity index (χ0n) is 20.7. The third-order valence-corrected chi connectivity index (χ3v) is 7.56. The van der Waals surface area contributed by atoms with Gasteiger partial charge in [0.05, 0.1) is 5.92 Å². The summed E-state index contributed by atoms with van der Waals surface area (Å²) in [6, 6.07) is 10.7. The van der Waals surface area contributed by atoms with Gasteiger partial charge in [-0.25, -0.2) is 0 Å². The minimum Gasteiger partial charge on any atom is -0.462 e. The molecule has 0 aromatic heterocycles. The molecule has 0 saturated heterocycles. The van der Waals surface area contributed by atoms with Crippen LogP contribution in [0.15, 0.2) is 48.3 Å². The van der Waals surface area contributed by atoms with Gasteiger partial charge in [-0.2, -0.15) is 9.65 Å². The Morgan fingerprint density at radius 2 is 1.74 bits per heavy atom. The van der Waals surface area contributed by atoms with Gasteiger partial charge in [0.25, 0.3) is 0 Å². The van der Waals surface area contributed by atoms with E-state index < -0.39 is 5.83 Å². The van der Waals surface area contributed by atoms with E-state index in [1.165, 1.54) is 55.4 Å². The Bertz CT molecular complexity index is 851. The minimum atomic E-state index is -0.780. The summed E-state index contributed by atoms with van der Waals surface area (Å²) >= 11 is 0. The standard InChI is InChI=1S/C30H40FNO2/c1-2-3-4-5-7-23-10-14-25(15-11-23)26-18-20-29(21-19-26)34-30(33)27-16-12-24(13-17-27)8-6-9-28(31)22-32/h6,8-11,14-15,24,26-27,29H,2-5,7,12-13,16-21H2,1H3/t24-,26-,27-,29-. The highest BCUT2D eigenvalue weighted by atomic mass is 19.1. The largest absolute Gasteiger partial charge is 0.462 e. The van der Waals surface area contributed by atoms with Crippen molar-refractivity contribution in [2.24, 2.45) is 11.8 Å². The molecule has 0 bridgehead atoms. The van der Waals surface area contributed by atoms with E-state index in [2.05, 4.69) is 31.2 Å². The third kappa shape index (κ3) is 8.42. The molecule has 3 nitrogen and oxygen atoms in total. The van der Waals surface area contributed by atoms with Crippen LogP contribution in [0.3, 0.4) is 0 Å². The number of carbonyl (C=O) groups excluding carboxylic acids is 1. The first kappa shape index (κ1) is 26.2. The van der Waals surface area contributed by atoms with Crippen LogP contribution in [0, 0.1) is 23.2 Å². The number of esters is 1. The molecule has 2 aliphatic rings. The number of unbranched alkanes of at least 4 members (excludes halogenated alkanes) is 3. The van der Waals surface area contributed by atoms with Crippen molar-refractivity contribution in [3.63, 3.8) is 0 Å². The number of ether oxygens (including phenoxy) is 1. The molecule has 0 N–H and O–H groups in total. The predicted octanol–water partition coefficient (Wildman–Crippen LogP) is 8.12. The molecule has 184 valence electrons. The number of nitriles is 1. The van der Waals surface area contributed by atoms with Crippen LogP contribution in [0.4, 0.5) is 4.39 Å². The molecule has 2 saturated carbocycles. The Morgan fingerprint density at radius 3 is 2.38 bits per heavy atom. The second-order valence-corrected chi connectivity index (χ2v) is 10.1. The first-order chi connectivity index (χ1) is 16.6. The zero-order valence-corrected chi connectivity index (χ0v) is 20.7. The predicted molar refractivity (Wildman–Crippen MR) is 135 cm³/mol. The van der Waals surface area contributed by atoms with Gasteiger partial charge in [0.1, 0.15) is 12.2 Å². The van der Waals surface area contributed by atoms with E-state index >= 15 is 0 Å². The third-order valence-electron chi connectivity index (χ3n) is 7.56. The van der Waals surface area contributed by atoms with E-state index in [4.69, 9.17) is 10.00 Å². The van der Waals surface area contributed by atoms with Crippen LogP contribution in [-0.4, -0.2) is 12.1 Å². The summed E-state index contributed by atoms with van der Waals surface area (Å²) in [4.78, 5) is 12.7. The highest BCUT2D eigenvalue weighted by molar-refractivity contribution is 5.72. The molecule has 0 atom stereocenters. The fourth-order valence-corrected chi connectivity index (χ4v) is 5.37. The average Bonchev–Trinajstić information content (AvgIpc) is 2.88. The van der Waals surface area contributed by atoms with Gasteiger partial charge < -0.3 is 4.74 Å². The first-order valence-corrected chi connectivity index (χ1v) is 13.3. The Hall–Kier alpha value is -2.41. The van der Waals surface area contributed by atoms with Crippen LogP contribution in [-0.2, 0) is 16.0 Å². The van der Waals surface area contributed by atoms with E-state index in [-0.39, 0.29) is 18.0 Å². The summed E-state index contributed by atoms with van der Waals surface area (Å²) in [5.41, 5.74) is 2.87. The van der Waals surface area contributed by atoms with Crippen LogP contribution in [0.25, 0.3) is 0 Å². The van der Waals surface area contributed by atoms with Crippen molar-refractivity contribution < 1.29 is 13.9 Å². The van der Waals surface area contributed by atoms with E-state index in [9.17, 15) is 9.18 Å². The quantitative estimate of drug-likeness (QED) is 0.152. The van der Waals surface area contributed by atoms with Crippen molar-refractivity contribution in [2.45, 2.75) is 102 Å². The molecule has 4 heteroatoms. The van der Waals surface area contributed by atoms with Gasteiger partial charge in [0.15, 0.2) is 5.83 Å². The lowest BCUT2D eigenvalue weighted by molar-refractivity contribution is -0.157. The maximum atomic E-state index is 12.9. The van der Waals surface area contributed by atoms with Crippen molar-refractivity contribution in [1.82, 2.24) is 0 Å². The van der Waals surface area contributed by atoms with Gasteiger partial charge in [0.2, 0.25) is 0 Å². The number of carbonyl (C=O) groups is 1. The van der Waals surface area contributed by atoms with Crippen LogP contribution in [0.2, 0.25) is 0 Å². The van der Waals surface area contributed by atoms with Gasteiger partial charge in [0, 0.05) is 0 Å². The number of nitrogens with zero attached hydrogens (tertiary/aromatic N) is 1. The summed E-state index contributed by atoms with van der Waals surface area (Å²) in [5, 5.41) is 8.45. The van der Waals surface area contributed by atoms with Gasteiger partial charge in [-0.15, -0.1) is 0 Å². The summed E-state index contributed by atoms with van der Waals surface area (Å²) < 4.78 is 18.8. The number of aryl methyl sites for hydroxylation is 1. The molecular formula is C30H40FNO2. The van der Waals surface area contributed by atoms with Crippen LogP contribution < -0.4 is 0 Å². The number of halogens is 1. The van der Waals surface area contributed by atoms with Crippen molar-refractivity contribution in [3.8, 4) is 6.07 Å². The van der Waals surface area contributed by atoms with E-state index in [0.29, 0.717) is 11.8 Å². The fraction of sp³-hybridized carbons (Fsp3) is 0.600. The lowest BCUT2D eigenvalue weighted by Gasteiger charge is -2.31. The van der Waals surface area contributed by atoms with Gasteiger partial charge in [-0.05, 0) is 93.2 Å². The summed E-state index contributed by atoms with van der Waals surface area (Å²) in [7, 11) is 0. The maximum absolute atomic E-state index is 12.9. The van der Waals surface area contributed by atoms with Gasteiger partial charge in [-0.3, -0.25) is 4.79 Å². The maximum Gasteiger partial charge on any atom is 0.309 e. The lowest BCUT2D eigenvalue weighted by Crippen LogP contribution is -2.29. The average molecular weight is 466 g/mol. The van der Waals surface area contributed by atoms with Gasteiger partial charge in [-0.1, -0.05) is 62.6 Å².